The normalized spacial score (nSPS) is 20.0. The van der Waals surface area contributed by atoms with E-state index in [2.05, 4.69) is 27.8 Å². The zero-order chi connectivity index (χ0) is 18.9. The predicted octanol–water partition coefficient (Wildman–Crippen LogP) is 4.40. The summed E-state index contributed by atoms with van der Waals surface area (Å²) in [5.41, 5.74) is 3.72. The number of benzene rings is 2. The smallest absolute Gasteiger partial charge is 0.255 e. The van der Waals surface area contributed by atoms with E-state index in [1.165, 1.54) is 31.4 Å². The van der Waals surface area contributed by atoms with E-state index in [1.807, 2.05) is 47.2 Å². The van der Waals surface area contributed by atoms with Gasteiger partial charge in [-0.1, -0.05) is 18.2 Å². The van der Waals surface area contributed by atoms with Crippen LogP contribution < -0.4 is 10.6 Å². The second-order valence-corrected chi connectivity index (χ2v) is 7.90. The minimum Gasteiger partial charge on any atom is -0.322 e. The summed E-state index contributed by atoms with van der Waals surface area (Å²) in [4.78, 5) is 16.7. The van der Waals surface area contributed by atoms with Gasteiger partial charge in [-0.05, 0) is 67.6 Å². The monoisotopic (exact) mass is 408 g/mol. The zero-order valence-electron chi connectivity index (χ0n) is 16.1. The van der Waals surface area contributed by atoms with Crippen LogP contribution in [0.3, 0.4) is 0 Å². The number of carbonyl (C=O) groups excluding carboxylic acids is 1. The van der Waals surface area contributed by atoms with Crippen molar-refractivity contribution in [1.82, 2.24) is 14.9 Å². The first kappa shape index (κ1) is 19.7. The number of carbonyl (C=O) groups is 1. The molecule has 2 saturated carbocycles. The van der Waals surface area contributed by atoms with Crippen molar-refractivity contribution in [2.45, 2.75) is 31.2 Å². The molecule has 2 aliphatic rings. The number of aromatic nitrogens is 2. The molecule has 0 spiro atoms. The average Bonchev–Trinajstić information content (AvgIpc) is 3.64. The number of rotatable bonds is 7. The number of anilines is 1. The van der Waals surface area contributed by atoms with Crippen molar-refractivity contribution in [3.05, 3.63) is 78.4 Å². The Hall–Kier alpha value is -2.63. The van der Waals surface area contributed by atoms with Gasteiger partial charge in [0.1, 0.15) is 0 Å². The highest BCUT2D eigenvalue weighted by Crippen LogP contribution is 2.41. The van der Waals surface area contributed by atoms with E-state index in [-0.39, 0.29) is 18.3 Å². The third-order valence-electron chi connectivity index (χ3n) is 5.66. The SMILES string of the molecule is Cl.O=C(Nc1ccc([C@@H]2C[C@H]2NCC2CC2)cc1)c1cccc(-n2ccnc2)c1. The van der Waals surface area contributed by atoms with E-state index in [0.29, 0.717) is 17.5 Å². The molecule has 2 atom stereocenters. The van der Waals surface area contributed by atoms with Gasteiger partial charge >= 0.3 is 0 Å². The van der Waals surface area contributed by atoms with Crippen LogP contribution >= 0.6 is 12.4 Å². The summed E-state index contributed by atoms with van der Waals surface area (Å²) < 4.78 is 1.88. The number of nitrogens with zero attached hydrogens (tertiary/aromatic N) is 2. The van der Waals surface area contributed by atoms with E-state index in [4.69, 9.17) is 0 Å². The van der Waals surface area contributed by atoms with Gasteiger partial charge in [-0.3, -0.25) is 4.79 Å². The predicted molar refractivity (Wildman–Crippen MR) is 117 cm³/mol. The van der Waals surface area contributed by atoms with E-state index in [0.717, 1.165) is 17.3 Å². The Morgan fingerprint density at radius 3 is 2.69 bits per heavy atom. The number of halogens is 1. The van der Waals surface area contributed by atoms with Gasteiger partial charge in [-0.25, -0.2) is 4.98 Å². The maximum Gasteiger partial charge on any atom is 0.255 e. The lowest BCUT2D eigenvalue weighted by Gasteiger charge is -2.09. The van der Waals surface area contributed by atoms with E-state index >= 15 is 0 Å². The minimum absolute atomic E-state index is 0. The standard InChI is InChI=1S/C23H24N4O.ClH/c28-23(18-2-1-3-20(12-18)27-11-10-24-15-27)26-19-8-6-17(7-9-19)21-13-22(21)25-14-16-4-5-16;/h1-3,6-12,15-16,21-22,25H,4-5,13-14H2,(H,26,28);1H/t21-,22+;/m0./s1. The van der Waals surface area contributed by atoms with Crippen LogP contribution in [-0.2, 0) is 0 Å². The van der Waals surface area contributed by atoms with E-state index in [9.17, 15) is 4.79 Å². The van der Waals surface area contributed by atoms with Crippen molar-refractivity contribution in [3.8, 4) is 5.69 Å². The van der Waals surface area contributed by atoms with Gasteiger partial charge in [0, 0.05) is 41.3 Å². The van der Waals surface area contributed by atoms with E-state index < -0.39 is 0 Å². The summed E-state index contributed by atoms with van der Waals surface area (Å²) in [7, 11) is 0. The molecule has 0 saturated heterocycles. The molecule has 0 radical (unpaired) electrons. The van der Waals surface area contributed by atoms with E-state index in [1.54, 1.807) is 12.5 Å². The molecule has 0 bridgehead atoms. The highest BCUT2D eigenvalue weighted by Gasteiger charge is 2.38. The van der Waals surface area contributed by atoms with Gasteiger partial charge in [0.2, 0.25) is 0 Å². The third kappa shape index (κ3) is 4.69. The first-order chi connectivity index (χ1) is 13.8. The molecule has 1 heterocycles. The van der Waals surface area contributed by atoms with Crippen molar-refractivity contribution in [1.29, 1.82) is 0 Å². The molecular formula is C23H25ClN4O. The Morgan fingerprint density at radius 1 is 1.14 bits per heavy atom. The number of imidazole rings is 1. The summed E-state index contributed by atoms with van der Waals surface area (Å²) in [5.74, 6) is 1.44. The fourth-order valence-electron chi connectivity index (χ4n) is 3.67. The molecule has 2 fully saturated rings. The highest BCUT2D eigenvalue weighted by molar-refractivity contribution is 6.04. The molecule has 2 N–H and O–H groups in total. The largest absolute Gasteiger partial charge is 0.322 e. The molecule has 150 valence electrons. The Morgan fingerprint density at radius 2 is 1.97 bits per heavy atom. The van der Waals surface area contributed by atoms with Crippen LogP contribution in [0.5, 0.6) is 0 Å². The molecule has 2 aliphatic carbocycles. The maximum atomic E-state index is 12.6. The van der Waals surface area contributed by atoms with Gasteiger partial charge in [0.05, 0.1) is 6.33 Å². The fourth-order valence-corrected chi connectivity index (χ4v) is 3.67. The molecule has 2 aromatic carbocycles. The molecule has 1 amide bonds. The lowest BCUT2D eigenvalue weighted by atomic mass is 10.1. The molecular weight excluding hydrogens is 384 g/mol. The lowest BCUT2D eigenvalue weighted by Crippen LogP contribution is -2.20. The maximum absolute atomic E-state index is 12.6. The van der Waals surface area contributed by atoms with Crippen molar-refractivity contribution in [2.24, 2.45) is 5.92 Å². The Labute approximate surface area is 177 Å². The van der Waals surface area contributed by atoms with Crippen molar-refractivity contribution in [3.63, 3.8) is 0 Å². The van der Waals surface area contributed by atoms with Gasteiger partial charge in [-0.2, -0.15) is 0 Å². The van der Waals surface area contributed by atoms with Crippen LogP contribution in [0.1, 0.15) is 41.1 Å². The Bertz CT molecular complexity index is 967. The first-order valence-electron chi connectivity index (χ1n) is 9.99. The van der Waals surface area contributed by atoms with Crippen LogP contribution in [0, 0.1) is 5.92 Å². The van der Waals surface area contributed by atoms with Crippen LogP contribution in [-0.4, -0.2) is 28.0 Å². The van der Waals surface area contributed by atoms with Crippen LogP contribution in [0.25, 0.3) is 5.69 Å². The molecule has 3 aromatic rings. The molecule has 5 rings (SSSR count). The van der Waals surface area contributed by atoms with Gasteiger partial charge in [0.25, 0.3) is 5.91 Å². The molecule has 0 unspecified atom stereocenters. The number of nitrogens with one attached hydrogen (secondary N) is 2. The van der Waals surface area contributed by atoms with Crippen LogP contribution in [0.2, 0.25) is 0 Å². The molecule has 6 heteroatoms. The topological polar surface area (TPSA) is 59.0 Å². The molecule has 1 aromatic heterocycles. The third-order valence-corrected chi connectivity index (χ3v) is 5.66. The zero-order valence-corrected chi connectivity index (χ0v) is 16.9. The van der Waals surface area contributed by atoms with Crippen LogP contribution in [0.4, 0.5) is 5.69 Å². The second-order valence-electron chi connectivity index (χ2n) is 7.90. The van der Waals surface area contributed by atoms with Crippen molar-refractivity contribution in [2.75, 3.05) is 11.9 Å². The lowest BCUT2D eigenvalue weighted by molar-refractivity contribution is 0.102. The summed E-state index contributed by atoms with van der Waals surface area (Å²) >= 11 is 0. The summed E-state index contributed by atoms with van der Waals surface area (Å²) in [6, 6.07) is 16.4. The van der Waals surface area contributed by atoms with Crippen molar-refractivity contribution < 1.29 is 4.79 Å². The summed E-state index contributed by atoms with van der Waals surface area (Å²) in [6.45, 7) is 1.17. The quantitative estimate of drug-likeness (QED) is 0.609. The summed E-state index contributed by atoms with van der Waals surface area (Å²) in [5, 5.41) is 6.67. The first-order valence-corrected chi connectivity index (χ1v) is 9.99. The minimum atomic E-state index is -0.106. The molecule has 5 nitrogen and oxygen atoms in total. The number of hydrogen-bond donors (Lipinski definition) is 2. The molecule has 0 aliphatic heterocycles. The Balaban J connectivity index is 0.00000205. The number of hydrogen-bond acceptors (Lipinski definition) is 3. The molecule has 29 heavy (non-hydrogen) atoms. The highest BCUT2D eigenvalue weighted by atomic mass is 35.5. The van der Waals surface area contributed by atoms with Crippen LogP contribution in [0.15, 0.2) is 67.3 Å². The second kappa shape index (κ2) is 8.39. The Kier molecular flexibility index (Phi) is 5.69. The van der Waals surface area contributed by atoms with Crippen molar-refractivity contribution >= 4 is 24.0 Å². The van der Waals surface area contributed by atoms with Gasteiger partial charge < -0.3 is 15.2 Å². The van der Waals surface area contributed by atoms with Gasteiger partial charge in [0.15, 0.2) is 0 Å². The fraction of sp³-hybridized carbons (Fsp3) is 0.304. The average molecular weight is 409 g/mol. The van der Waals surface area contributed by atoms with Gasteiger partial charge in [-0.15, -0.1) is 12.4 Å². The number of amides is 1. The summed E-state index contributed by atoms with van der Waals surface area (Å²) in [6.07, 6.45) is 9.31.